The molecule has 1 saturated carbocycles. The molecule has 0 aliphatic heterocycles. The molecule has 0 unspecified atom stereocenters. The van der Waals surface area contributed by atoms with Gasteiger partial charge >= 0.3 is 0 Å². The lowest BCUT2D eigenvalue weighted by molar-refractivity contribution is 0.0209. The fourth-order valence-electron chi connectivity index (χ4n) is 3.33. The lowest BCUT2D eigenvalue weighted by atomic mass is 9.68. The Balaban J connectivity index is 2.70. The molecule has 2 nitrogen and oxygen atoms in total. The van der Waals surface area contributed by atoms with Crippen LogP contribution in [-0.2, 0) is 0 Å². The minimum absolute atomic E-state index is 0.305. The molecule has 0 spiro atoms. The van der Waals surface area contributed by atoms with E-state index in [0.717, 1.165) is 6.54 Å². The molecule has 1 rings (SSSR count). The Hall–Kier alpha value is -0.0800. The van der Waals surface area contributed by atoms with E-state index in [9.17, 15) is 0 Å². The third kappa shape index (κ3) is 4.75. The Morgan fingerprint density at radius 2 is 1.37 bits per heavy atom. The Kier molecular flexibility index (Phi) is 6.82. The van der Waals surface area contributed by atoms with Crippen molar-refractivity contribution in [2.24, 2.45) is 11.1 Å². The van der Waals surface area contributed by atoms with Crippen LogP contribution in [0.15, 0.2) is 0 Å². The molecule has 1 aliphatic rings. The van der Waals surface area contributed by atoms with Crippen molar-refractivity contribution >= 4 is 0 Å². The number of rotatable bonds is 8. The quantitative estimate of drug-likeness (QED) is 0.715. The molecule has 2 heteroatoms. The summed E-state index contributed by atoms with van der Waals surface area (Å²) < 4.78 is 0. The average Bonchev–Trinajstić information content (AvgIpc) is 2.40. The highest BCUT2D eigenvalue weighted by Crippen LogP contribution is 2.42. The van der Waals surface area contributed by atoms with E-state index in [0.29, 0.717) is 11.0 Å². The molecule has 19 heavy (non-hydrogen) atoms. The molecule has 0 aromatic heterocycles. The second kappa shape index (κ2) is 7.64. The van der Waals surface area contributed by atoms with Gasteiger partial charge in [0, 0.05) is 12.1 Å². The molecule has 0 amide bonds. The molecule has 0 aromatic rings. The number of nitrogens with zero attached hydrogens (tertiary/aromatic N) is 1. The molecule has 1 aliphatic carbocycles. The van der Waals surface area contributed by atoms with Gasteiger partial charge in [-0.2, -0.15) is 0 Å². The molecular formula is C17H36N2. The summed E-state index contributed by atoms with van der Waals surface area (Å²) in [7, 11) is 0. The third-order valence-electron chi connectivity index (χ3n) is 5.15. The summed E-state index contributed by atoms with van der Waals surface area (Å²) in [6.45, 7) is 12.7. The van der Waals surface area contributed by atoms with E-state index >= 15 is 0 Å². The molecule has 2 N–H and O–H groups in total. The smallest absolute Gasteiger partial charge is 0.0332 e. The summed E-state index contributed by atoms with van der Waals surface area (Å²) in [5.74, 6) is 0. The molecule has 0 radical (unpaired) electrons. The Morgan fingerprint density at radius 1 is 0.895 bits per heavy atom. The van der Waals surface area contributed by atoms with Crippen molar-refractivity contribution in [2.75, 3.05) is 19.6 Å². The average molecular weight is 268 g/mol. The maximum Gasteiger partial charge on any atom is 0.0332 e. The van der Waals surface area contributed by atoms with Crippen LogP contribution in [0.25, 0.3) is 0 Å². The highest BCUT2D eigenvalue weighted by molar-refractivity contribution is 4.97. The minimum atomic E-state index is 0.305. The molecular weight excluding hydrogens is 232 g/mol. The van der Waals surface area contributed by atoms with Gasteiger partial charge in [0.15, 0.2) is 0 Å². The predicted molar refractivity (Wildman–Crippen MR) is 85.4 cm³/mol. The molecule has 0 bridgehead atoms. The molecule has 1 fully saturated rings. The predicted octanol–water partition coefficient (Wildman–Crippen LogP) is 4.19. The topological polar surface area (TPSA) is 29.3 Å². The SMILES string of the molecule is CCCCN(CCCC)C1(CN)CCC(C)(C)CC1. The summed E-state index contributed by atoms with van der Waals surface area (Å²) in [4.78, 5) is 2.75. The fourth-order valence-corrected chi connectivity index (χ4v) is 3.33. The zero-order valence-electron chi connectivity index (χ0n) is 13.8. The Labute approximate surface area is 121 Å². The second-order valence-electron chi connectivity index (χ2n) is 7.29. The molecule has 0 saturated heterocycles. The monoisotopic (exact) mass is 268 g/mol. The van der Waals surface area contributed by atoms with E-state index in [2.05, 4.69) is 32.6 Å². The summed E-state index contributed by atoms with van der Waals surface area (Å²) in [5.41, 5.74) is 7.06. The lowest BCUT2D eigenvalue weighted by Gasteiger charge is -2.50. The zero-order chi connectivity index (χ0) is 14.4. The van der Waals surface area contributed by atoms with Crippen molar-refractivity contribution in [1.82, 2.24) is 4.90 Å². The third-order valence-corrected chi connectivity index (χ3v) is 5.15. The van der Waals surface area contributed by atoms with Crippen LogP contribution in [0, 0.1) is 5.41 Å². The number of hydrogen-bond acceptors (Lipinski definition) is 2. The first-order valence-corrected chi connectivity index (χ1v) is 8.45. The van der Waals surface area contributed by atoms with Crippen LogP contribution in [0.2, 0.25) is 0 Å². The summed E-state index contributed by atoms with van der Waals surface area (Å²) in [6.07, 6.45) is 10.5. The van der Waals surface area contributed by atoms with Crippen LogP contribution >= 0.6 is 0 Å². The van der Waals surface area contributed by atoms with Crippen LogP contribution in [0.1, 0.15) is 79.1 Å². The maximum absolute atomic E-state index is 6.23. The van der Waals surface area contributed by atoms with Gasteiger partial charge < -0.3 is 5.73 Å². The van der Waals surface area contributed by atoms with Crippen molar-refractivity contribution in [3.63, 3.8) is 0 Å². The van der Waals surface area contributed by atoms with Crippen molar-refractivity contribution in [3.8, 4) is 0 Å². The van der Waals surface area contributed by atoms with E-state index in [1.165, 1.54) is 64.5 Å². The van der Waals surface area contributed by atoms with Crippen LogP contribution in [-0.4, -0.2) is 30.1 Å². The maximum atomic E-state index is 6.23. The fraction of sp³-hybridized carbons (Fsp3) is 1.00. The normalized spacial score (nSPS) is 21.8. The van der Waals surface area contributed by atoms with Gasteiger partial charge in [-0.25, -0.2) is 0 Å². The van der Waals surface area contributed by atoms with Gasteiger partial charge in [-0.3, -0.25) is 4.90 Å². The van der Waals surface area contributed by atoms with Gasteiger partial charge in [-0.15, -0.1) is 0 Å². The summed E-state index contributed by atoms with van der Waals surface area (Å²) in [5, 5.41) is 0. The first kappa shape index (κ1) is 17.0. The van der Waals surface area contributed by atoms with Crippen LogP contribution < -0.4 is 5.73 Å². The van der Waals surface area contributed by atoms with Gasteiger partial charge in [-0.1, -0.05) is 40.5 Å². The summed E-state index contributed by atoms with van der Waals surface area (Å²) in [6, 6.07) is 0. The van der Waals surface area contributed by atoms with E-state index < -0.39 is 0 Å². The standard InChI is InChI=1S/C17H36N2/c1-5-7-13-19(14-8-6-2)17(15-18)11-9-16(3,4)10-12-17/h5-15,18H2,1-4H3. The Bertz CT molecular complexity index is 230. The first-order valence-electron chi connectivity index (χ1n) is 8.45. The van der Waals surface area contributed by atoms with Crippen molar-refractivity contribution in [2.45, 2.75) is 84.6 Å². The van der Waals surface area contributed by atoms with Crippen LogP contribution in [0.5, 0.6) is 0 Å². The van der Waals surface area contributed by atoms with E-state index in [1.54, 1.807) is 0 Å². The van der Waals surface area contributed by atoms with Crippen molar-refractivity contribution in [1.29, 1.82) is 0 Å². The first-order chi connectivity index (χ1) is 8.99. The highest BCUT2D eigenvalue weighted by atomic mass is 15.2. The van der Waals surface area contributed by atoms with E-state index in [4.69, 9.17) is 5.73 Å². The zero-order valence-corrected chi connectivity index (χ0v) is 13.8. The number of nitrogens with two attached hydrogens (primary N) is 1. The lowest BCUT2D eigenvalue weighted by Crippen LogP contribution is -2.57. The van der Waals surface area contributed by atoms with Gasteiger partial charge in [-0.05, 0) is 57.0 Å². The van der Waals surface area contributed by atoms with Crippen LogP contribution in [0.3, 0.4) is 0 Å². The minimum Gasteiger partial charge on any atom is -0.329 e. The van der Waals surface area contributed by atoms with E-state index in [1.807, 2.05) is 0 Å². The van der Waals surface area contributed by atoms with Gasteiger partial charge in [0.2, 0.25) is 0 Å². The van der Waals surface area contributed by atoms with E-state index in [-0.39, 0.29) is 0 Å². The Morgan fingerprint density at radius 3 is 1.74 bits per heavy atom. The van der Waals surface area contributed by atoms with Crippen LogP contribution in [0.4, 0.5) is 0 Å². The molecule has 0 aromatic carbocycles. The van der Waals surface area contributed by atoms with Crippen molar-refractivity contribution < 1.29 is 0 Å². The van der Waals surface area contributed by atoms with Gasteiger partial charge in [0.25, 0.3) is 0 Å². The van der Waals surface area contributed by atoms with Crippen molar-refractivity contribution in [3.05, 3.63) is 0 Å². The van der Waals surface area contributed by atoms with Gasteiger partial charge in [0.1, 0.15) is 0 Å². The second-order valence-corrected chi connectivity index (χ2v) is 7.29. The van der Waals surface area contributed by atoms with Gasteiger partial charge in [0.05, 0.1) is 0 Å². The number of hydrogen-bond donors (Lipinski definition) is 1. The number of unbranched alkanes of at least 4 members (excludes halogenated alkanes) is 2. The highest BCUT2D eigenvalue weighted by Gasteiger charge is 2.40. The largest absolute Gasteiger partial charge is 0.329 e. The summed E-state index contributed by atoms with van der Waals surface area (Å²) >= 11 is 0. The molecule has 0 atom stereocenters. The molecule has 114 valence electrons. The molecule has 0 heterocycles.